The molecule has 0 fully saturated rings. The molecule has 0 aliphatic carbocycles. The van der Waals surface area contributed by atoms with Gasteiger partial charge in [0.25, 0.3) is 0 Å². The van der Waals surface area contributed by atoms with Crippen LogP contribution >= 0.6 is 0 Å². The van der Waals surface area contributed by atoms with Gasteiger partial charge < -0.3 is 18.3 Å². The molecule has 8 aromatic heterocycles. The first kappa shape index (κ1) is 68.7. The number of hydrogen-bond acceptors (Lipinski definition) is 4. The average Bonchev–Trinajstić information content (AvgIpc) is 1.54. The lowest BCUT2D eigenvalue weighted by Crippen LogP contribution is -2.04. The zero-order valence-electron chi connectivity index (χ0n) is 67.7. The summed E-state index contributed by atoms with van der Waals surface area (Å²) in [5, 5.41) is 25.4. The molecule has 0 spiro atoms. The quantitative estimate of drug-likeness (QED) is 0.144. The standard InChI is InChI=1S/C116H68N10/c1-4-26-73-62-78(46-44-69(73)22-1)113-87-32-9-15-37-94(87)117-115(119-113)126-102-57-50-77(65-92(102)86-55-53-82(68-108(86)126)123-99-40-18-12-34-89(99)110-104(123)59-58-103-109(110)88-33-11-17-39-98(88)121(103)80-51-48-71-24-3-6-28-75(71)64-80)76-49-56-95-93(66-76)114(79-47-45-70-23-2-5-27-74(70)63-79)120-116(118-95)125-97-38-16-10-31-84(97)85-54-52-81(67-107(85)125)122-100-41-19-13-35-90(100)111-105(122)60-61-106-112(111)91-36-14-20-42-101(91)124(106)96-43-21-29-72-25-7-8-30-83(72)96/h1-68H. The topological polar surface area (TPSA) is 81.1 Å². The molecule has 0 aliphatic heterocycles. The molecule has 0 amide bonds. The van der Waals surface area contributed by atoms with Gasteiger partial charge >= 0.3 is 0 Å². The fraction of sp³-hybridized carbons (Fsp3) is 0. The second-order valence-corrected chi connectivity index (χ2v) is 33.6. The van der Waals surface area contributed by atoms with Crippen molar-refractivity contribution in [1.29, 1.82) is 0 Å². The average molecular weight is 1600 g/mol. The van der Waals surface area contributed by atoms with Crippen molar-refractivity contribution in [3.8, 4) is 68.3 Å². The maximum Gasteiger partial charge on any atom is 0.235 e. The van der Waals surface area contributed by atoms with E-state index < -0.39 is 0 Å². The van der Waals surface area contributed by atoms with Gasteiger partial charge in [-0.05, 0) is 188 Å². The van der Waals surface area contributed by atoms with Gasteiger partial charge in [-0.15, -0.1) is 0 Å². The van der Waals surface area contributed by atoms with E-state index in [1.54, 1.807) is 0 Å². The van der Waals surface area contributed by atoms with Crippen LogP contribution in [0.2, 0.25) is 0 Å². The summed E-state index contributed by atoms with van der Waals surface area (Å²) < 4.78 is 14.4. The Morgan fingerprint density at radius 1 is 0.151 bits per heavy atom. The molecule has 0 radical (unpaired) electrons. The second-order valence-electron chi connectivity index (χ2n) is 33.6. The molecular weight excluding hydrogens is 1530 g/mol. The first-order chi connectivity index (χ1) is 62.5. The van der Waals surface area contributed by atoms with Crippen molar-refractivity contribution in [1.82, 2.24) is 47.3 Å². The van der Waals surface area contributed by atoms with Crippen LogP contribution in [0.5, 0.6) is 0 Å². The highest BCUT2D eigenvalue weighted by molar-refractivity contribution is 6.31. The predicted octanol–water partition coefficient (Wildman–Crippen LogP) is 29.8. The van der Waals surface area contributed by atoms with Gasteiger partial charge in [-0.2, -0.15) is 0 Å². The number of benzene rings is 20. The molecule has 8 heterocycles. The van der Waals surface area contributed by atoms with Crippen LogP contribution < -0.4 is 0 Å². The van der Waals surface area contributed by atoms with Gasteiger partial charge in [-0.1, -0.05) is 273 Å². The Morgan fingerprint density at radius 2 is 0.484 bits per heavy atom. The van der Waals surface area contributed by atoms with Crippen LogP contribution in [0.15, 0.2) is 413 Å². The van der Waals surface area contributed by atoms with E-state index in [2.05, 4.69) is 440 Å². The van der Waals surface area contributed by atoms with Crippen molar-refractivity contribution in [2.75, 3.05) is 0 Å². The molecule has 0 unspecified atom stereocenters. The highest BCUT2D eigenvalue weighted by Crippen LogP contribution is 2.49. The molecule has 0 N–H and O–H groups in total. The van der Waals surface area contributed by atoms with Gasteiger partial charge in [0.05, 0.1) is 94.3 Å². The number of rotatable bonds is 9. The fourth-order valence-electron chi connectivity index (χ4n) is 21.4. The fourth-order valence-corrected chi connectivity index (χ4v) is 21.4. The first-order valence-electron chi connectivity index (χ1n) is 43.1. The van der Waals surface area contributed by atoms with Gasteiger partial charge in [-0.3, -0.25) is 9.13 Å². The van der Waals surface area contributed by atoms with Crippen LogP contribution in [0.1, 0.15) is 0 Å². The third-order valence-electron chi connectivity index (χ3n) is 26.9. The zero-order valence-corrected chi connectivity index (χ0v) is 67.7. The van der Waals surface area contributed by atoms with Crippen LogP contribution in [0.3, 0.4) is 0 Å². The lowest BCUT2D eigenvalue weighted by Gasteiger charge is -2.14. The lowest BCUT2D eigenvalue weighted by atomic mass is 9.98. The summed E-state index contributed by atoms with van der Waals surface area (Å²) in [4.78, 5) is 23.0. The van der Waals surface area contributed by atoms with Crippen molar-refractivity contribution in [2.24, 2.45) is 0 Å². The third kappa shape index (κ3) is 9.91. The van der Waals surface area contributed by atoms with E-state index >= 15 is 0 Å². The Kier molecular flexibility index (Phi) is 14.3. The second kappa shape index (κ2) is 26.2. The van der Waals surface area contributed by atoms with Crippen molar-refractivity contribution in [3.05, 3.63) is 413 Å². The van der Waals surface area contributed by atoms with E-state index in [9.17, 15) is 0 Å². The minimum atomic E-state index is 0.580. The van der Waals surface area contributed by atoms with Crippen LogP contribution in [-0.2, 0) is 0 Å². The normalized spacial score (nSPS) is 12.3. The summed E-state index contributed by atoms with van der Waals surface area (Å²) in [7, 11) is 0. The number of para-hydroxylation sites is 6. The number of fused-ring (bicyclic) bond motifs is 26. The highest BCUT2D eigenvalue weighted by atomic mass is 15.2. The molecule has 28 aromatic rings. The van der Waals surface area contributed by atoms with Gasteiger partial charge in [-0.25, -0.2) is 19.9 Å². The zero-order chi connectivity index (χ0) is 82.1. The maximum absolute atomic E-state index is 5.89. The van der Waals surface area contributed by atoms with Crippen LogP contribution in [0, 0.1) is 0 Å². The van der Waals surface area contributed by atoms with Crippen LogP contribution in [0.4, 0.5) is 0 Å². The SMILES string of the molecule is c1ccc2cc(-c3nc(-n4c5ccc(-c6ccc7nc(-n8c9ccccc9c9ccc(-n%10c%11ccccc%11c%11c%12c%13ccccc%13n(-c%13cccc%14ccccc%13%14)c%12ccc%11%10)cc98)nc(-c8ccc9ccccc9c8)c7c6)cc5c5ccc(-n6c7ccccc7c7c8c9ccccc9n(-c9ccc%10ccccc%10c9)c8ccc76)cc54)nc4ccccc34)ccc2c1. The molecule has 10 heteroatoms. The van der Waals surface area contributed by atoms with Crippen molar-refractivity contribution in [2.45, 2.75) is 0 Å². The summed E-state index contributed by atoms with van der Waals surface area (Å²) in [5.41, 5.74) is 24.9. The van der Waals surface area contributed by atoms with E-state index in [0.29, 0.717) is 11.9 Å². The highest BCUT2D eigenvalue weighted by Gasteiger charge is 2.28. The molecule has 0 atom stereocenters. The third-order valence-corrected chi connectivity index (χ3v) is 26.9. The Labute approximate surface area is 719 Å². The van der Waals surface area contributed by atoms with E-state index in [4.69, 9.17) is 19.9 Å². The Morgan fingerprint density at radius 3 is 1.02 bits per heavy atom. The molecule has 10 nitrogen and oxygen atoms in total. The first-order valence-corrected chi connectivity index (χ1v) is 43.1. The summed E-state index contributed by atoms with van der Waals surface area (Å²) in [6.07, 6.45) is 0. The summed E-state index contributed by atoms with van der Waals surface area (Å²) in [5.74, 6) is 1.16. The molecule has 0 saturated heterocycles. The van der Waals surface area contributed by atoms with E-state index in [1.807, 2.05) is 0 Å². The summed E-state index contributed by atoms with van der Waals surface area (Å²) in [6, 6.07) is 151. The van der Waals surface area contributed by atoms with Crippen molar-refractivity contribution >= 4 is 196 Å². The molecule has 0 bridgehead atoms. The largest absolute Gasteiger partial charge is 0.309 e. The van der Waals surface area contributed by atoms with Crippen molar-refractivity contribution < 1.29 is 0 Å². The number of aromatic nitrogens is 10. The molecule has 0 aliphatic rings. The van der Waals surface area contributed by atoms with E-state index in [0.717, 1.165) is 171 Å². The Hall–Kier alpha value is -17.1. The smallest absolute Gasteiger partial charge is 0.235 e. The minimum Gasteiger partial charge on any atom is -0.309 e. The molecular formula is C116H68N10. The molecule has 0 saturated carbocycles. The summed E-state index contributed by atoms with van der Waals surface area (Å²) >= 11 is 0. The predicted molar refractivity (Wildman–Crippen MR) is 525 cm³/mol. The van der Waals surface area contributed by atoms with Crippen LogP contribution in [-0.4, -0.2) is 47.3 Å². The summed E-state index contributed by atoms with van der Waals surface area (Å²) in [6.45, 7) is 0. The number of hydrogen-bond donors (Lipinski definition) is 0. The van der Waals surface area contributed by atoms with Gasteiger partial charge in [0.1, 0.15) is 0 Å². The van der Waals surface area contributed by atoms with Crippen molar-refractivity contribution in [3.63, 3.8) is 0 Å². The Balaban J connectivity index is 0.637. The van der Waals surface area contributed by atoms with Gasteiger partial charge in [0, 0.05) is 109 Å². The number of nitrogens with zero attached hydrogens (tertiary/aromatic N) is 10. The molecule has 126 heavy (non-hydrogen) atoms. The van der Waals surface area contributed by atoms with E-state index in [1.165, 1.54) is 81.1 Å². The molecule has 582 valence electrons. The maximum atomic E-state index is 5.89. The van der Waals surface area contributed by atoms with E-state index in [-0.39, 0.29) is 0 Å². The monoisotopic (exact) mass is 1600 g/mol. The van der Waals surface area contributed by atoms with Crippen LogP contribution in [0.25, 0.3) is 264 Å². The molecule has 28 rings (SSSR count). The minimum absolute atomic E-state index is 0.580. The molecule has 20 aromatic carbocycles. The Bertz CT molecular complexity index is 9660. The van der Waals surface area contributed by atoms with Gasteiger partial charge in [0.2, 0.25) is 11.9 Å². The lowest BCUT2D eigenvalue weighted by molar-refractivity contribution is 1.01. The van der Waals surface area contributed by atoms with Gasteiger partial charge in [0.15, 0.2) is 0 Å².